The van der Waals surface area contributed by atoms with Crippen LogP contribution in [0.15, 0.2) is 23.1 Å². The van der Waals surface area contributed by atoms with Crippen molar-refractivity contribution >= 4 is 15.7 Å². The standard InChI is InChI=1S/C13H20N2O3S/c1-3-18-11-5-4-10(14)8-12(11)19(16,17)15-9-13(2)6-7-13/h4-5,8,15H,3,6-7,9,14H2,1-2H3. The van der Waals surface area contributed by atoms with Crippen LogP contribution >= 0.6 is 0 Å². The molecule has 1 aliphatic carbocycles. The summed E-state index contributed by atoms with van der Waals surface area (Å²) in [5, 5.41) is 0. The molecule has 5 nitrogen and oxygen atoms in total. The monoisotopic (exact) mass is 284 g/mol. The molecule has 0 amide bonds. The van der Waals surface area contributed by atoms with Crippen molar-refractivity contribution in [3.8, 4) is 5.75 Å². The van der Waals surface area contributed by atoms with Crippen LogP contribution in [-0.2, 0) is 10.0 Å². The quantitative estimate of drug-likeness (QED) is 0.780. The molecular formula is C13H20N2O3S. The van der Waals surface area contributed by atoms with Gasteiger partial charge in [0.2, 0.25) is 10.0 Å². The molecule has 1 fully saturated rings. The van der Waals surface area contributed by atoms with E-state index in [0.717, 1.165) is 12.8 Å². The van der Waals surface area contributed by atoms with Crippen LogP contribution in [0.3, 0.4) is 0 Å². The number of benzene rings is 1. The molecule has 2 rings (SSSR count). The second-order valence-electron chi connectivity index (χ2n) is 5.27. The summed E-state index contributed by atoms with van der Waals surface area (Å²) in [6, 6.07) is 4.65. The van der Waals surface area contributed by atoms with Gasteiger partial charge >= 0.3 is 0 Å². The molecule has 6 heteroatoms. The number of nitrogens with one attached hydrogen (secondary N) is 1. The van der Waals surface area contributed by atoms with Crippen molar-refractivity contribution in [2.75, 3.05) is 18.9 Å². The molecule has 19 heavy (non-hydrogen) atoms. The van der Waals surface area contributed by atoms with Gasteiger partial charge in [-0.15, -0.1) is 0 Å². The predicted molar refractivity (Wildman–Crippen MR) is 74.6 cm³/mol. The van der Waals surface area contributed by atoms with Crippen LogP contribution in [0.25, 0.3) is 0 Å². The Morgan fingerprint density at radius 3 is 2.68 bits per heavy atom. The summed E-state index contributed by atoms with van der Waals surface area (Å²) in [7, 11) is -3.58. The van der Waals surface area contributed by atoms with E-state index >= 15 is 0 Å². The molecule has 0 heterocycles. The van der Waals surface area contributed by atoms with Gasteiger partial charge in [-0.3, -0.25) is 0 Å². The van der Waals surface area contributed by atoms with E-state index in [-0.39, 0.29) is 10.3 Å². The highest BCUT2D eigenvalue weighted by Gasteiger charge is 2.38. The fourth-order valence-corrected chi connectivity index (χ4v) is 3.12. The molecule has 0 bridgehead atoms. The van der Waals surface area contributed by atoms with Crippen LogP contribution in [0.2, 0.25) is 0 Å². The van der Waals surface area contributed by atoms with Gasteiger partial charge in [-0.1, -0.05) is 6.92 Å². The van der Waals surface area contributed by atoms with Crippen LogP contribution in [0.5, 0.6) is 5.75 Å². The predicted octanol–water partition coefficient (Wildman–Crippen LogP) is 1.75. The Morgan fingerprint density at radius 1 is 1.42 bits per heavy atom. The SMILES string of the molecule is CCOc1ccc(N)cc1S(=O)(=O)NCC1(C)CC1. The normalized spacial score (nSPS) is 17.2. The van der Waals surface area contributed by atoms with Crippen molar-refractivity contribution in [3.63, 3.8) is 0 Å². The zero-order valence-corrected chi connectivity index (χ0v) is 12.1. The van der Waals surface area contributed by atoms with E-state index in [1.165, 1.54) is 6.07 Å². The van der Waals surface area contributed by atoms with Gasteiger partial charge in [0.25, 0.3) is 0 Å². The minimum atomic E-state index is -3.58. The highest BCUT2D eigenvalue weighted by Crippen LogP contribution is 2.44. The van der Waals surface area contributed by atoms with Crippen LogP contribution in [0.4, 0.5) is 5.69 Å². The maximum absolute atomic E-state index is 12.3. The Labute approximate surface area is 114 Å². The molecule has 0 aromatic heterocycles. The van der Waals surface area contributed by atoms with Crippen molar-refractivity contribution in [1.29, 1.82) is 0 Å². The molecule has 0 saturated heterocycles. The number of nitrogen functional groups attached to an aromatic ring is 1. The first-order valence-corrected chi connectivity index (χ1v) is 7.87. The topological polar surface area (TPSA) is 81.4 Å². The van der Waals surface area contributed by atoms with E-state index in [0.29, 0.717) is 24.6 Å². The van der Waals surface area contributed by atoms with Gasteiger partial charge in [-0.25, -0.2) is 13.1 Å². The Kier molecular flexibility index (Phi) is 3.73. The average molecular weight is 284 g/mol. The van der Waals surface area contributed by atoms with Crippen molar-refractivity contribution in [1.82, 2.24) is 4.72 Å². The molecule has 0 aliphatic heterocycles. The summed E-state index contributed by atoms with van der Waals surface area (Å²) in [5.41, 5.74) is 6.18. The highest BCUT2D eigenvalue weighted by atomic mass is 32.2. The first kappa shape index (κ1) is 14.1. The zero-order valence-electron chi connectivity index (χ0n) is 11.3. The van der Waals surface area contributed by atoms with Gasteiger partial charge < -0.3 is 10.5 Å². The van der Waals surface area contributed by atoms with E-state index < -0.39 is 10.0 Å². The largest absolute Gasteiger partial charge is 0.492 e. The van der Waals surface area contributed by atoms with Gasteiger partial charge in [-0.2, -0.15) is 0 Å². The van der Waals surface area contributed by atoms with Crippen LogP contribution in [0, 0.1) is 5.41 Å². The lowest BCUT2D eigenvalue weighted by molar-refractivity contribution is 0.331. The van der Waals surface area contributed by atoms with E-state index in [1.807, 2.05) is 6.92 Å². The average Bonchev–Trinajstić information content (AvgIpc) is 3.08. The summed E-state index contributed by atoms with van der Waals surface area (Å²) in [6.45, 7) is 4.74. The van der Waals surface area contributed by atoms with Crippen molar-refractivity contribution in [2.24, 2.45) is 5.41 Å². The third-order valence-electron chi connectivity index (χ3n) is 3.35. The minimum Gasteiger partial charge on any atom is -0.492 e. The number of ether oxygens (including phenoxy) is 1. The number of rotatable bonds is 6. The first-order valence-electron chi connectivity index (χ1n) is 6.38. The molecular weight excluding hydrogens is 264 g/mol. The third kappa shape index (κ3) is 3.39. The molecule has 1 aliphatic rings. The molecule has 3 N–H and O–H groups in total. The first-order chi connectivity index (χ1) is 8.86. The summed E-state index contributed by atoms with van der Waals surface area (Å²) in [4.78, 5) is 0.110. The van der Waals surface area contributed by atoms with Crippen LogP contribution in [0.1, 0.15) is 26.7 Å². The van der Waals surface area contributed by atoms with Gasteiger partial charge in [0, 0.05) is 12.2 Å². The maximum Gasteiger partial charge on any atom is 0.244 e. The summed E-state index contributed by atoms with van der Waals surface area (Å²) in [5.74, 6) is 0.338. The fraction of sp³-hybridized carbons (Fsp3) is 0.538. The highest BCUT2D eigenvalue weighted by molar-refractivity contribution is 7.89. The molecule has 106 valence electrons. The van der Waals surface area contributed by atoms with E-state index in [1.54, 1.807) is 12.1 Å². The molecule has 0 unspecified atom stereocenters. The van der Waals surface area contributed by atoms with E-state index in [9.17, 15) is 8.42 Å². The molecule has 0 radical (unpaired) electrons. The number of hydrogen-bond acceptors (Lipinski definition) is 4. The molecule has 1 aromatic rings. The summed E-state index contributed by atoms with van der Waals surface area (Å²) in [6.07, 6.45) is 2.12. The summed E-state index contributed by atoms with van der Waals surface area (Å²) < 4.78 is 32.6. The van der Waals surface area contributed by atoms with Gasteiger partial charge in [0.1, 0.15) is 10.6 Å². The Balaban J connectivity index is 2.24. The Hall–Kier alpha value is -1.27. The zero-order chi connectivity index (χ0) is 14.1. The van der Waals surface area contributed by atoms with Crippen molar-refractivity contribution in [2.45, 2.75) is 31.6 Å². The molecule has 0 spiro atoms. The minimum absolute atomic E-state index is 0.110. The molecule has 0 atom stereocenters. The molecule has 1 saturated carbocycles. The maximum atomic E-state index is 12.3. The Morgan fingerprint density at radius 2 is 2.11 bits per heavy atom. The Bertz CT molecular complexity index is 565. The second kappa shape index (κ2) is 5.02. The number of hydrogen-bond donors (Lipinski definition) is 2. The lowest BCUT2D eigenvalue weighted by Gasteiger charge is -2.14. The number of anilines is 1. The lowest BCUT2D eigenvalue weighted by Crippen LogP contribution is -2.29. The van der Waals surface area contributed by atoms with Crippen LogP contribution in [-0.4, -0.2) is 21.6 Å². The van der Waals surface area contributed by atoms with Gasteiger partial charge in [-0.05, 0) is 43.4 Å². The smallest absolute Gasteiger partial charge is 0.244 e. The number of nitrogens with two attached hydrogens (primary N) is 1. The van der Waals surface area contributed by atoms with Gasteiger partial charge in [0.05, 0.1) is 6.61 Å². The van der Waals surface area contributed by atoms with Crippen molar-refractivity contribution < 1.29 is 13.2 Å². The lowest BCUT2D eigenvalue weighted by atomic mass is 10.2. The third-order valence-corrected chi connectivity index (χ3v) is 4.77. The molecule has 1 aromatic carbocycles. The second-order valence-corrected chi connectivity index (χ2v) is 7.01. The van der Waals surface area contributed by atoms with Crippen molar-refractivity contribution in [3.05, 3.63) is 18.2 Å². The fourth-order valence-electron chi connectivity index (χ4n) is 1.75. The summed E-state index contributed by atoms with van der Waals surface area (Å²) >= 11 is 0. The van der Waals surface area contributed by atoms with E-state index in [2.05, 4.69) is 11.6 Å². The number of sulfonamides is 1. The van der Waals surface area contributed by atoms with Gasteiger partial charge in [0.15, 0.2) is 0 Å². The van der Waals surface area contributed by atoms with E-state index in [4.69, 9.17) is 10.5 Å². The van der Waals surface area contributed by atoms with Crippen LogP contribution < -0.4 is 15.2 Å².